The summed E-state index contributed by atoms with van der Waals surface area (Å²) < 4.78 is 21.0. The molecule has 12 heavy (non-hydrogen) atoms. The molecule has 0 aliphatic carbocycles. The summed E-state index contributed by atoms with van der Waals surface area (Å²) in [6.07, 6.45) is 0. The molecule has 0 fully saturated rings. The molecule has 0 rings (SSSR count). The normalized spacial score (nSPS) is 15.8. The van der Waals surface area contributed by atoms with Gasteiger partial charge in [0.2, 0.25) is 0 Å². The van der Waals surface area contributed by atoms with Gasteiger partial charge in [-0.05, 0) is 13.8 Å². The quantitative estimate of drug-likeness (QED) is 0.502. The lowest BCUT2D eigenvalue weighted by atomic mass is 10.6. The van der Waals surface area contributed by atoms with E-state index >= 15 is 0 Å². The molecule has 4 N–H and O–H groups in total. The van der Waals surface area contributed by atoms with Gasteiger partial charge in [0.15, 0.2) is 0 Å². The fourth-order valence-corrected chi connectivity index (χ4v) is 2.05. The first-order valence-corrected chi connectivity index (χ1v) is 6.09. The molecule has 0 atom stereocenters. The van der Waals surface area contributed by atoms with Crippen LogP contribution in [0.4, 0.5) is 0 Å². The topological polar surface area (TPSA) is 115 Å². The molecule has 0 heterocycles. The van der Waals surface area contributed by atoms with Gasteiger partial charge in [0.25, 0.3) is 0 Å². The minimum Gasteiger partial charge on any atom is -0.321 e. The van der Waals surface area contributed by atoms with Crippen molar-refractivity contribution in [3.8, 4) is 0 Å². The molecule has 0 aromatic rings. The molecule has 0 amide bonds. The van der Waals surface area contributed by atoms with Crippen LogP contribution in [0.25, 0.3) is 0 Å². The number of hydrogen-bond donors (Lipinski definition) is 4. The van der Waals surface area contributed by atoms with Crippen LogP contribution in [-0.4, -0.2) is 19.6 Å². The molecule has 0 saturated heterocycles. The monoisotopic (exact) mass is 216 g/mol. The van der Waals surface area contributed by atoms with Crippen LogP contribution < -0.4 is 0 Å². The molecule has 0 bridgehead atoms. The summed E-state index contributed by atoms with van der Waals surface area (Å²) in [6, 6.07) is 0. The van der Waals surface area contributed by atoms with E-state index in [9.17, 15) is 9.13 Å². The first kappa shape index (κ1) is 12.0. The minimum absolute atomic E-state index is 0.573. The van der Waals surface area contributed by atoms with Crippen molar-refractivity contribution in [2.45, 2.75) is 13.8 Å². The molecule has 0 spiro atoms. The standard InChI is InChI=1S/C4H10O6P2/c1-3(11(5,6)7)4(2)12(8,9)10/h1-2H3,(H2,5,6,7)(H2,8,9,10)/b4-3-. The maximum atomic E-state index is 10.5. The van der Waals surface area contributed by atoms with Crippen LogP contribution in [0, 0.1) is 0 Å². The van der Waals surface area contributed by atoms with E-state index in [4.69, 9.17) is 19.6 Å². The first-order chi connectivity index (χ1) is 5.07. The van der Waals surface area contributed by atoms with Crippen molar-refractivity contribution in [1.29, 1.82) is 0 Å². The van der Waals surface area contributed by atoms with Gasteiger partial charge < -0.3 is 19.6 Å². The van der Waals surface area contributed by atoms with E-state index in [-0.39, 0.29) is 0 Å². The Balaban J connectivity index is 5.26. The Hall–Kier alpha value is 0.0400. The zero-order chi connectivity index (χ0) is 10.2. The maximum absolute atomic E-state index is 10.5. The third kappa shape index (κ3) is 3.19. The van der Waals surface area contributed by atoms with Crippen LogP contribution >= 0.6 is 15.2 Å². The highest BCUT2D eigenvalue weighted by molar-refractivity contribution is 7.60. The molecular weight excluding hydrogens is 206 g/mol. The van der Waals surface area contributed by atoms with Crippen molar-refractivity contribution in [2.24, 2.45) is 0 Å². The summed E-state index contributed by atoms with van der Waals surface area (Å²) in [5.41, 5.74) is 0. The van der Waals surface area contributed by atoms with Crippen molar-refractivity contribution in [3.63, 3.8) is 0 Å². The van der Waals surface area contributed by atoms with Gasteiger partial charge in [0.1, 0.15) is 0 Å². The van der Waals surface area contributed by atoms with Gasteiger partial charge in [0, 0.05) is 10.6 Å². The Labute approximate surface area is 69.2 Å². The molecule has 8 heteroatoms. The second kappa shape index (κ2) is 3.42. The van der Waals surface area contributed by atoms with E-state index in [0.717, 1.165) is 13.8 Å². The zero-order valence-corrected chi connectivity index (χ0v) is 8.29. The SMILES string of the molecule is C/C(=C(\C)P(=O)(O)O)P(=O)(O)O. The van der Waals surface area contributed by atoms with Gasteiger partial charge in [-0.1, -0.05) is 0 Å². The molecule has 0 radical (unpaired) electrons. The summed E-state index contributed by atoms with van der Waals surface area (Å²) in [7, 11) is -9.04. The summed E-state index contributed by atoms with van der Waals surface area (Å²) in [6.45, 7) is 1.99. The third-order valence-electron chi connectivity index (χ3n) is 1.40. The lowest BCUT2D eigenvalue weighted by molar-refractivity contribution is 0.373. The fourth-order valence-electron chi connectivity index (χ4n) is 0.422. The van der Waals surface area contributed by atoms with Crippen molar-refractivity contribution in [3.05, 3.63) is 10.6 Å². The van der Waals surface area contributed by atoms with Crippen LogP contribution in [0.5, 0.6) is 0 Å². The van der Waals surface area contributed by atoms with Gasteiger partial charge in [-0.25, -0.2) is 0 Å². The predicted molar refractivity (Wildman–Crippen MR) is 42.5 cm³/mol. The number of rotatable bonds is 2. The number of hydrogen-bond acceptors (Lipinski definition) is 2. The third-order valence-corrected chi connectivity index (χ3v) is 3.99. The second-order valence-corrected chi connectivity index (χ2v) is 5.78. The highest BCUT2D eigenvalue weighted by Crippen LogP contribution is 2.55. The summed E-state index contributed by atoms with van der Waals surface area (Å²) in [5.74, 6) is 0. The van der Waals surface area contributed by atoms with E-state index in [1.165, 1.54) is 0 Å². The van der Waals surface area contributed by atoms with Gasteiger partial charge in [0.05, 0.1) is 0 Å². The summed E-state index contributed by atoms with van der Waals surface area (Å²) in [4.78, 5) is 34.1. The molecule has 0 unspecified atom stereocenters. The molecule has 0 aliphatic rings. The van der Waals surface area contributed by atoms with E-state index in [2.05, 4.69) is 0 Å². The van der Waals surface area contributed by atoms with Crippen molar-refractivity contribution in [2.75, 3.05) is 0 Å². The molecular formula is C4H10O6P2. The number of allylic oxidation sites excluding steroid dienone is 2. The second-order valence-electron chi connectivity index (χ2n) is 2.26. The fraction of sp³-hybridized carbons (Fsp3) is 0.500. The van der Waals surface area contributed by atoms with Crippen molar-refractivity contribution < 1.29 is 28.7 Å². The smallest absolute Gasteiger partial charge is 0.321 e. The molecule has 0 aliphatic heterocycles. The van der Waals surface area contributed by atoms with E-state index in [1.54, 1.807) is 0 Å². The van der Waals surface area contributed by atoms with Gasteiger partial charge in [-0.2, -0.15) is 0 Å². The van der Waals surface area contributed by atoms with Gasteiger partial charge in [-0.15, -0.1) is 0 Å². The Morgan fingerprint density at radius 1 is 0.833 bits per heavy atom. The maximum Gasteiger partial charge on any atom is 0.352 e. The summed E-state index contributed by atoms with van der Waals surface area (Å²) >= 11 is 0. The Morgan fingerprint density at radius 2 is 1.00 bits per heavy atom. The summed E-state index contributed by atoms with van der Waals surface area (Å²) in [5, 5.41) is -1.15. The lowest BCUT2D eigenvalue weighted by Crippen LogP contribution is -1.88. The Kier molecular flexibility index (Phi) is 3.43. The zero-order valence-electron chi connectivity index (χ0n) is 6.50. The van der Waals surface area contributed by atoms with Crippen molar-refractivity contribution >= 4 is 15.2 Å². The minimum atomic E-state index is -4.52. The molecule has 72 valence electrons. The van der Waals surface area contributed by atoms with Crippen LogP contribution in [0.2, 0.25) is 0 Å². The van der Waals surface area contributed by atoms with Crippen LogP contribution in [0.3, 0.4) is 0 Å². The van der Waals surface area contributed by atoms with Gasteiger partial charge >= 0.3 is 15.2 Å². The molecule has 0 saturated carbocycles. The van der Waals surface area contributed by atoms with Crippen LogP contribution in [-0.2, 0) is 9.13 Å². The average molecular weight is 216 g/mol. The lowest BCUT2D eigenvalue weighted by Gasteiger charge is -2.09. The van der Waals surface area contributed by atoms with Crippen LogP contribution in [0.15, 0.2) is 10.6 Å². The molecule has 0 aromatic carbocycles. The first-order valence-electron chi connectivity index (χ1n) is 2.86. The van der Waals surface area contributed by atoms with E-state index in [0.29, 0.717) is 0 Å². The molecule has 0 aromatic heterocycles. The Bertz CT molecular complexity index is 263. The largest absolute Gasteiger partial charge is 0.352 e. The Morgan fingerprint density at radius 3 is 1.08 bits per heavy atom. The van der Waals surface area contributed by atoms with E-state index < -0.39 is 25.8 Å². The van der Waals surface area contributed by atoms with Crippen molar-refractivity contribution in [1.82, 2.24) is 0 Å². The van der Waals surface area contributed by atoms with Gasteiger partial charge in [-0.3, -0.25) is 9.13 Å². The van der Waals surface area contributed by atoms with E-state index in [1.807, 2.05) is 0 Å². The highest BCUT2D eigenvalue weighted by atomic mass is 31.2. The highest BCUT2D eigenvalue weighted by Gasteiger charge is 2.27. The average Bonchev–Trinajstić information content (AvgIpc) is 1.80. The molecule has 6 nitrogen and oxygen atoms in total. The van der Waals surface area contributed by atoms with Crippen LogP contribution in [0.1, 0.15) is 13.8 Å². The predicted octanol–water partition coefficient (Wildman–Crippen LogP) is 0.593.